The monoisotopic (exact) mass is 388 g/mol. The molecule has 0 bridgehead atoms. The van der Waals surface area contributed by atoms with Crippen LogP contribution in [-0.4, -0.2) is 46.0 Å². The topological polar surface area (TPSA) is 101 Å². The third-order valence-corrected chi connectivity index (χ3v) is 6.64. The molecule has 1 aromatic rings. The van der Waals surface area contributed by atoms with E-state index in [0.29, 0.717) is 18.2 Å². The zero-order valence-corrected chi connectivity index (χ0v) is 16.9. The maximum Gasteiger partial charge on any atom is 0.273 e. The third-order valence-electron chi connectivity index (χ3n) is 6.64. The first-order valence-electron chi connectivity index (χ1n) is 10.7. The van der Waals surface area contributed by atoms with Crippen LogP contribution in [0.2, 0.25) is 0 Å². The number of piperidine rings is 1. The number of hydrogen-bond acceptors (Lipinski definition) is 5. The first kappa shape index (κ1) is 19.4. The lowest BCUT2D eigenvalue weighted by atomic mass is 9.81. The molecule has 2 amide bonds. The molecule has 7 nitrogen and oxygen atoms in total. The van der Waals surface area contributed by atoms with Crippen molar-refractivity contribution in [2.75, 3.05) is 6.54 Å². The molecule has 7 heteroatoms. The molecular weight excluding hydrogens is 356 g/mol. The second kappa shape index (κ2) is 7.50. The van der Waals surface area contributed by atoms with Crippen molar-refractivity contribution in [3.8, 4) is 0 Å². The molecule has 1 atom stereocenters. The predicted octanol–water partition coefficient (Wildman–Crippen LogP) is 2.57. The van der Waals surface area contributed by atoms with E-state index in [1.807, 2.05) is 4.90 Å². The molecule has 2 heterocycles. The highest BCUT2D eigenvalue weighted by Crippen LogP contribution is 2.40. The van der Waals surface area contributed by atoms with E-state index < -0.39 is 0 Å². The molecule has 2 aliphatic carbocycles. The van der Waals surface area contributed by atoms with Crippen molar-refractivity contribution in [1.29, 1.82) is 0 Å². The average molecular weight is 389 g/mol. The lowest BCUT2D eigenvalue weighted by Crippen LogP contribution is -2.58. The predicted molar refractivity (Wildman–Crippen MR) is 105 cm³/mol. The van der Waals surface area contributed by atoms with Gasteiger partial charge >= 0.3 is 0 Å². The summed E-state index contributed by atoms with van der Waals surface area (Å²) < 4.78 is 5.29. The van der Waals surface area contributed by atoms with Crippen molar-refractivity contribution in [3.05, 3.63) is 17.5 Å². The van der Waals surface area contributed by atoms with Crippen LogP contribution in [0.15, 0.2) is 10.6 Å². The molecule has 154 valence electrons. The Labute approximate surface area is 166 Å². The normalized spacial score (nSPS) is 30.1. The molecule has 1 unspecified atom stereocenters. The number of hydrogen-bond donors (Lipinski definition) is 2. The van der Waals surface area contributed by atoms with Gasteiger partial charge in [0.05, 0.1) is 0 Å². The molecule has 1 aliphatic heterocycles. The number of carbonyl (C=O) groups excluding carboxylic acids is 2. The Morgan fingerprint density at radius 2 is 1.89 bits per heavy atom. The number of aromatic nitrogens is 1. The minimum Gasteiger partial charge on any atom is -0.360 e. The number of nitrogens with two attached hydrogens (primary N) is 1. The van der Waals surface area contributed by atoms with E-state index in [2.05, 4.69) is 24.3 Å². The van der Waals surface area contributed by atoms with Gasteiger partial charge in [-0.05, 0) is 65.2 Å². The van der Waals surface area contributed by atoms with Crippen LogP contribution in [0.4, 0.5) is 0 Å². The number of rotatable bonds is 4. The molecule has 0 radical (unpaired) electrons. The van der Waals surface area contributed by atoms with Gasteiger partial charge < -0.3 is 20.5 Å². The van der Waals surface area contributed by atoms with Gasteiger partial charge in [0.25, 0.3) is 5.91 Å². The standard InChI is InChI=1S/C21H32N4O3/c1-21(2)12-16(23-19(26)17-11-18(28-24-17)13-3-4-13)9-10-25(21)20(27)14-5-7-15(22)8-6-14/h11,13-16H,3-10,12,22H2,1-2H3,(H,23,26). The Kier molecular flexibility index (Phi) is 5.21. The summed E-state index contributed by atoms with van der Waals surface area (Å²) in [6, 6.07) is 2.05. The molecule has 1 saturated heterocycles. The van der Waals surface area contributed by atoms with Crippen LogP contribution in [0.3, 0.4) is 0 Å². The third kappa shape index (κ3) is 4.09. The number of carbonyl (C=O) groups is 2. The van der Waals surface area contributed by atoms with Crippen LogP contribution in [0.5, 0.6) is 0 Å². The summed E-state index contributed by atoms with van der Waals surface area (Å²) in [4.78, 5) is 27.6. The second-order valence-electron chi connectivity index (χ2n) is 9.47. The van der Waals surface area contributed by atoms with Crippen LogP contribution in [0.1, 0.15) is 87.4 Å². The molecule has 0 aromatic carbocycles. The zero-order valence-electron chi connectivity index (χ0n) is 16.9. The van der Waals surface area contributed by atoms with Crippen LogP contribution in [0.25, 0.3) is 0 Å². The van der Waals surface area contributed by atoms with Gasteiger partial charge in [-0.15, -0.1) is 0 Å². The Bertz CT molecular complexity index is 732. The van der Waals surface area contributed by atoms with E-state index in [4.69, 9.17) is 10.3 Å². The fraction of sp³-hybridized carbons (Fsp3) is 0.762. The van der Waals surface area contributed by atoms with Crippen molar-refractivity contribution in [1.82, 2.24) is 15.4 Å². The lowest BCUT2D eigenvalue weighted by molar-refractivity contribution is -0.144. The number of amides is 2. The quantitative estimate of drug-likeness (QED) is 0.825. The molecule has 3 aliphatic rings. The smallest absolute Gasteiger partial charge is 0.273 e. The first-order valence-corrected chi connectivity index (χ1v) is 10.7. The Morgan fingerprint density at radius 1 is 1.18 bits per heavy atom. The summed E-state index contributed by atoms with van der Waals surface area (Å²) in [5.41, 5.74) is 6.06. The summed E-state index contributed by atoms with van der Waals surface area (Å²) in [7, 11) is 0. The summed E-state index contributed by atoms with van der Waals surface area (Å²) in [6.07, 6.45) is 7.39. The highest BCUT2D eigenvalue weighted by molar-refractivity contribution is 5.92. The van der Waals surface area contributed by atoms with E-state index in [-0.39, 0.29) is 35.4 Å². The van der Waals surface area contributed by atoms with Gasteiger partial charge in [0.1, 0.15) is 5.76 Å². The van der Waals surface area contributed by atoms with Crippen molar-refractivity contribution >= 4 is 11.8 Å². The lowest BCUT2D eigenvalue weighted by Gasteiger charge is -2.47. The van der Waals surface area contributed by atoms with E-state index >= 15 is 0 Å². The maximum absolute atomic E-state index is 13.1. The molecule has 4 rings (SSSR count). The van der Waals surface area contributed by atoms with Crippen LogP contribution < -0.4 is 11.1 Å². The fourth-order valence-corrected chi connectivity index (χ4v) is 4.74. The van der Waals surface area contributed by atoms with Crippen molar-refractivity contribution < 1.29 is 14.1 Å². The molecule has 28 heavy (non-hydrogen) atoms. The summed E-state index contributed by atoms with van der Waals surface area (Å²) in [5.74, 6) is 1.43. The minimum atomic E-state index is -0.282. The summed E-state index contributed by atoms with van der Waals surface area (Å²) in [5, 5.41) is 7.02. The first-order chi connectivity index (χ1) is 13.3. The maximum atomic E-state index is 13.1. The van der Waals surface area contributed by atoms with E-state index in [0.717, 1.165) is 57.1 Å². The molecule has 0 spiro atoms. The zero-order chi connectivity index (χ0) is 19.9. The summed E-state index contributed by atoms with van der Waals surface area (Å²) >= 11 is 0. The highest BCUT2D eigenvalue weighted by atomic mass is 16.5. The largest absolute Gasteiger partial charge is 0.360 e. The van der Waals surface area contributed by atoms with Gasteiger partial charge in [-0.3, -0.25) is 9.59 Å². The number of nitrogens with zero attached hydrogens (tertiary/aromatic N) is 2. The minimum absolute atomic E-state index is 0.0346. The van der Waals surface area contributed by atoms with Crippen molar-refractivity contribution in [2.45, 2.75) is 88.8 Å². The molecular formula is C21H32N4O3. The van der Waals surface area contributed by atoms with Crippen LogP contribution >= 0.6 is 0 Å². The Balaban J connectivity index is 1.33. The van der Waals surface area contributed by atoms with E-state index in [1.165, 1.54) is 0 Å². The number of nitrogens with one attached hydrogen (secondary N) is 1. The van der Waals surface area contributed by atoms with Gasteiger partial charge in [0, 0.05) is 42.1 Å². The van der Waals surface area contributed by atoms with Gasteiger partial charge in [0.2, 0.25) is 5.91 Å². The molecule has 2 saturated carbocycles. The van der Waals surface area contributed by atoms with E-state index in [9.17, 15) is 9.59 Å². The fourth-order valence-electron chi connectivity index (χ4n) is 4.74. The van der Waals surface area contributed by atoms with Gasteiger partial charge in [-0.2, -0.15) is 0 Å². The van der Waals surface area contributed by atoms with Crippen LogP contribution in [0, 0.1) is 5.92 Å². The van der Waals surface area contributed by atoms with Crippen LogP contribution in [-0.2, 0) is 4.79 Å². The second-order valence-corrected chi connectivity index (χ2v) is 9.47. The van der Waals surface area contributed by atoms with Crippen molar-refractivity contribution in [3.63, 3.8) is 0 Å². The number of likely N-dealkylation sites (tertiary alicyclic amines) is 1. The molecule has 3 N–H and O–H groups in total. The van der Waals surface area contributed by atoms with Gasteiger partial charge in [0.15, 0.2) is 5.69 Å². The SMILES string of the molecule is CC1(C)CC(NC(=O)c2cc(C3CC3)on2)CCN1C(=O)C1CCC(N)CC1. The molecule has 3 fully saturated rings. The molecule has 1 aromatic heterocycles. The van der Waals surface area contributed by atoms with E-state index in [1.54, 1.807) is 6.07 Å². The Morgan fingerprint density at radius 3 is 2.54 bits per heavy atom. The van der Waals surface area contributed by atoms with Crippen molar-refractivity contribution in [2.24, 2.45) is 11.7 Å². The average Bonchev–Trinajstić information content (AvgIpc) is 3.38. The van der Waals surface area contributed by atoms with Gasteiger partial charge in [-0.25, -0.2) is 0 Å². The van der Waals surface area contributed by atoms with Gasteiger partial charge in [-0.1, -0.05) is 5.16 Å². The highest BCUT2D eigenvalue weighted by Gasteiger charge is 2.41. The Hall–Kier alpha value is -1.89. The summed E-state index contributed by atoms with van der Waals surface area (Å²) in [6.45, 7) is 4.86.